The highest BCUT2D eigenvalue weighted by Crippen LogP contribution is 2.16. The summed E-state index contributed by atoms with van der Waals surface area (Å²) in [6.07, 6.45) is 46.1. The number of carbonyl (C=O) groups excluding carboxylic acids is 1. The molecule has 0 aromatic carbocycles. The van der Waals surface area contributed by atoms with Crippen LogP contribution >= 0.6 is 0 Å². The van der Waals surface area contributed by atoms with Crippen molar-refractivity contribution in [1.29, 1.82) is 0 Å². The molecule has 2 nitrogen and oxygen atoms in total. The zero-order chi connectivity index (χ0) is 29.0. The molecule has 0 spiro atoms. The van der Waals surface area contributed by atoms with Crippen LogP contribution < -0.4 is 0 Å². The van der Waals surface area contributed by atoms with Gasteiger partial charge in [0.2, 0.25) is 0 Å². The molecule has 0 aliphatic carbocycles. The van der Waals surface area contributed by atoms with Gasteiger partial charge in [0.15, 0.2) is 0 Å². The van der Waals surface area contributed by atoms with E-state index in [0.29, 0.717) is 13.0 Å². The van der Waals surface area contributed by atoms with E-state index >= 15 is 0 Å². The van der Waals surface area contributed by atoms with Gasteiger partial charge in [0, 0.05) is 6.42 Å². The summed E-state index contributed by atoms with van der Waals surface area (Å²) in [4.78, 5) is 11.9. The SMILES string of the molecule is CCCCCCCCCCCCCCCCCCCCCCCOC(=O)CCCCCCCCCCCCCC. The van der Waals surface area contributed by atoms with E-state index < -0.39 is 0 Å². The van der Waals surface area contributed by atoms with Crippen LogP contribution in [0.5, 0.6) is 0 Å². The first-order valence-corrected chi connectivity index (χ1v) is 19.0. The van der Waals surface area contributed by atoms with Crippen molar-refractivity contribution in [1.82, 2.24) is 0 Å². The Labute approximate surface area is 254 Å². The molecule has 0 N–H and O–H groups in total. The maximum Gasteiger partial charge on any atom is 0.305 e. The van der Waals surface area contributed by atoms with Gasteiger partial charge in [0.1, 0.15) is 0 Å². The molecule has 0 saturated carbocycles. The van der Waals surface area contributed by atoms with E-state index in [-0.39, 0.29) is 5.97 Å². The molecule has 0 fully saturated rings. The van der Waals surface area contributed by atoms with Gasteiger partial charge < -0.3 is 4.74 Å². The highest BCUT2D eigenvalue weighted by Gasteiger charge is 2.03. The number of rotatable bonds is 35. The zero-order valence-corrected chi connectivity index (χ0v) is 28.1. The molecule has 0 atom stereocenters. The van der Waals surface area contributed by atoms with Crippen molar-refractivity contribution >= 4 is 5.97 Å². The molecule has 0 rings (SSSR count). The summed E-state index contributed by atoms with van der Waals surface area (Å²) < 4.78 is 5.44. The minimum absolute atomic E-state index is 0.0280. The molecule has 0 aromatic rings. The number of esters is 1. The first-order chi connectivity index (χ1) is 19.8. The van der Waals surface area contributed by atoms with E-state index in [4.69, 9.17) is 4.74 Å². The lowest BCUT2D eigenvalue weighted by Gasteiger charge is -2.06. The molecule has 2 heteroatoms. The van der Waals surface area contributed by atoms with E-state index in [9.17, 15) is 4.79 Å². The first kappa shape index (κ1) is 39.5. The van der Waals surface area contributed by atoms with Crippen LogP contribution in [0.1, 0.15) is 232 Å². The maximum absolute atomic E-state index is 11.9. The van der Waals surface area contributed by atoms with Crippen LogP contribution in [-0.2, 0) is 9.53 Å². The van der Waals surface area contributed by atoms with Crippen molar-refractivity contribution in [2.75, 3.05) is 6.61 Å². The van der Waals surface area contributed by atoms with E-state index in [1.54, 1.807) is 0 Å². The fourth-order valence-electron chi connectivity index (χ4n) is 5.90. The minimum atomic E-state index is 0.0280. The van der Waals surface area contributed by atoms with Crippen LogP contribution in [-0.4, -0.2) is 12.6 Å². The standard InChI is InChI=1S/C38H76O2/c1-3-5-7-9-11-13-15-17-18-19-20-21-22-23-24-25-27-29-31-33-35-37-40-38(39)36-34-32-30-28-26-16-14-12-10-8-6-4-2/h3-37H2,1-2H3. The van der Waals surface area contributed by atoms with Gasteiger partial charge in [-0.15, -0.1) is 0 Å². The van der Waals surface area contributed by atoms with E-state index in [1.807, 2.05) is 0 Å². The number of hydrogen-bond donors (Lipinski definition) is 0. The van der Waals surface area contributed by atoms with Crippen LogP contribution in [0.25, 0.3) is 0 Å². The van der Waals surface area contributed by atoms with Gasteiger partial charge in [-0.05, 0) is 12.8 Å². The van der Waals surface area contributed by atoms with Gasteiger partial charge in [-0.2, -0.15) is 0 Å². The number of carbonyl (C=O) groups is 1. The van der Waals surface area contributed by atoms with Crippen molar-refractivity contribution in [3.63, 3.8) is 0 Å². The molecule has 0 heterocycles. The number of ether oxygens (including phenoxy) is 1. The van der Waals surface area contributed by atoms with Gasteiger partial charge >= 0.3 is 5.97 Å². The topological polar surface area (TPSA) is 26.3 Å². The number of hydrogen-bond acceptors (Lipinski definition) is 2. The molecule has 0 aromatic heterocycles. The molecule has 0 amide bonds. The Bertz CT molecular complexity index is 460. The third kappa shape index (κ3) is 35.5. The van der Waals surface area contributed by atoms with Crippen LogP contribution in [0.2, 0.25) is 0 Å². The van der Waals surface area contributed by atoms with Gasteiger partial charge in [0.25, 0.3) is 0 Å². The lowest BCUT2D eigenvalue weighted by molar-refractivity contribution is -0.143. The van der Waals surface area contributed by atoms with Crippen LogP contribution in [0.3, 0.4) is 0 Å². The molecular formula is C38H76O2. The Morgan fingerprint density at radius 1 is 0.325 bits per heavy atom. The molecule has 0 saturated heterocycles. The fraction of sp³-hybridized carbons (Fsp3) is 0.974. The van der Waals surface area contributed by atoms with Gasteiger partial charge in [-0.1, -0.05) is 213 Å². The Kier molecular flexibility index (Phi) is 36.0. The summed E-state index contributed by atoms with van der Waals surface area (Å²) in [5.74, 6) is 0.0280. The summed E-state index contributed by atoms with van der Waals surface area (Å²) in [5, 5.41) is 0. The van der Waals surface area contributed by atoms with E-state index in [2.05, 4.69) is 13.8 Å². The molecule has 240 valence electrons. The molecule has 0 bridgehead atoms. The van der Waals surface area contributed by atoms with Crippen LogP contribution in [0.15, 0.2) is 0 Å². The molecule has 0 unspecified atom stereocenters. The average molecular weight is 565 g/mol. The molecule has 0 aliphatic heterocycles. The van der Waals surface area contributed by atoms with Gasteiger partial charge in [0.05, 0.1) is 6.61 Å². The zero-order valence-electron chi connectivity index (χ0n) is 28.1. The highest BCUT2D eigenvalue weighted by atomic mass is 16.5. The molecule has 0 aliphatic rings. The summed E-state index contributed by atoms with van der Waals surface area (Å²) in [6, 6.07) is 0. The second-order valence-corrected chi connectivity index (χ2v) is 12.9. The second-order valence-electron chi connectivity index (χ2n) is 12.9. The van der Waals surface area contributed by atoms with Crippen molar-refractivity contribution in [2.24, 2.45) is 0 Å². The van der Waals surface area contributed by atoms with Crippen molar-refractivity contribution < 1.29 is 9.53 Å². The van der Waals surface area contributed by atoms with Gasteiger partial charge in [-0.25, -0.2) is 0 Å². The first-order valence-electron chi connectivity index (χ1n) is 19.0. The summed E-state index contributed by atoms with van der Waals surface area (Å²) in [5.41, 5.74) is 0. The smallest absolute Gasteiger partial charge is 0.305 e. The van der Waals surface area contributed by atoms with Gasteiger partial charge in [-0.3, -0.25) is 4.79 Å². The Morgan fingerprint density at radius 2 is 0.550 bits per heavy atom. The average Bonchev–Trinajstić information content (AvgIpc) is 2.96. The lowest BCUT2D eigenvalue weighted by Crippen LogP contribution is -2.05. The lowest BCUT2D eigenvalue weighted by atomic mass is 10.0. The second kappa shape index (κ2) is 36.5. The molecule has 40 heavy (non-hydrogen) atoms. The number of unbranched alkanes of at least 4 members (excludes halogenated alkanes) is 31. The fourth-order valence-corrected chi connectivity index (χ4v) is 5.90. The van der Waals surface area contributed by atoms with E-state index in [0.717, 1.165) is 12.8 Å². The van der Waals surface area contributed by atoms with Crippen LogP contribution in [0, 0.1) is 0 Å². The molecular weight excluding hydrogens is 488 g/mol. The summed E-state index contributed by atoms with van der Waals surface area (Å²) in [7, 11) is 0. The third-order valence-corrected chi connectivity index (χ3v) is 8.75. The molecule has 0 radical (unpaired) electrons. The predicted molar refractivity (Wildman–Crippen MR) is 179 cm³/mol. The highest BCUT2D eigenvalue weighted by molar-refractivity contribution is 5.69. The Balaban J connectivity index is 3.13. The third-order valence-electron chi connectivity index (χ3n) is 8.75. The summed E-state index contributed by atoms with van der Waals surface area (Å²) in [6.45, 7) is 5.21. The quantitative estimate of drug-likeness (QED) is 0.0565. The van der Waals surface area contributed by atoms with Crippen molar-refractivity contribution in [3.8, 4) is 0 Å². The Hall–Kier alpha value is -0.530. The monoisotopic (exact) mass is 565 g/mol. The minimum Gasteiger partial charge on any atom is -0.466 e. The Morgan fingerprint density at radius 3 is 0.825 bits per heavy atom. The largest absolute Gasteiger partial charge is 0.466 e. The predicted octanol–water partition coefficient (Wildman–Crippen LogP) is 13.8. The van der Waals surface area contributed by atoms with Crippen molar-refractivity contribution in [3.05, 3.63) is 0 Å². The van der Waals surface area contributed by atoms with Crippen molar-refractivity contribution in [2.45, 2.75) is 232 Å². The maximum atomic E-state index is 11.9. The normalized spacial score (nSPS) is 11.3. The van der Waals surface area contributed by atoms with Crippen LogP contribution in [0.4, 0.5) is 0 Å². The summed E-state index contributed by atoms with van der Waals surface area (Å²) >= 11 is 0. The van der Waals surface area contributed by atoms with E-state index in [1.165, 1.54) is 199 Å².